The van der Waals surface area contributed by atoms with Gasteiger partial charge in [-0.3, -0.25) is 4.98 Å². The van der Waals surface area contributed by atoms with E-state index in [-0.39, 0.29) is 16.9 Å². The maximum Gasteiger partial charge on any atom is 0.241 e. The van der Waals surface area contributed by atoms with Crippen LogP contribution in [0.1, 0.15) is 30.7 Å². The Hall–Kier alpha value is -2.29. The second-order valence-corrected chi connectivity index (χ2v) is 9.30. The molecule has 29 heavy (non-hydrogen) atoms. The van der Waals surface area contributed by atoms with Crippen molar-refractivity contribution in [1.82, 2.24) is 14.9 Å². The molecule has 0 spiro atoms. The highest BCUT2D eigenvalue weighted by Crippen LogP contribution is 2.34. The summed E-state index contributed by atoms with van der Waals surface area (Å²) in [4.78, 5) is 4.62. The molecule has 2 atom stereocenters. The molecule has 1 fully saturated rings. The van der Waals surface area contributed by atoms with E-state index in [0.29, 0.717) is 29.0 Å². The van der Waals surface area contributed by atoms with E-state index in [0.717, 1.165) is 30.4 Å². The quantitative estimate of drug-likeness (QED) is 0.661. The fourth-order valence-electron chi connectivity index (χ4n) is 4.28. The van der Waals surface area contributed by atoms with Crippen molar-refractivity contribution in [2.45, 2.75) is 44.0 Å². The molecule has 2 heterocycles. The van der Waals surface area contributed by atoms with E-state index in [2.05, 4.69) is 14.9 Å². The summed E-state index contributed by atoms with van der Waals surface area (Å²) in [5, 5.41) is 4.60. The molecular weight excluding hydrogens is 390 g/mol. The van der Waals surface area contributed by atoms with Crippen LogP contribution in [0.4, 0.5) is 0 Å². The lowest BCUT2D eigenvalue weighted by Crippen LogP contribution is -2.38. The molecular formula is C21H25N3O4S. The van der Waals surface area contributed by atoms with Crippen molar-refractivity contribution in [1.29, 1.82) is 0 Å². The van der Waals surface area contributed by atoms with Crippen LogP contribution in [0.2, 0.25) is 0 Å². The molecule has 154 valence electrons. The summed E-state index contributed by atoms with van der Waals surface area (Å²) in [6.45, 7) is 4.21. The van der Waals surface area contributed by atoms with Crippen LogP contribution in [-0.4, -0.2) is 38.3 Å². The van der Waals surface area contributed by atoms with Crippen molar-refractivity contribution in [2.75, 3.05) is 13.7 Å². The zero-order valence-electron chi connectivity index (χ0n) is 16.8. The number of hydrogen-bond acceptors (Lipinski definition) is 6. The van der Waals surface area contributed by atoms with E-state index in [9.17, 15) is 8.42 Å². The molecule has 1 aromatic carbocycles. The number of nitrogens with zero attached hydrogens (tertiary/aromatic N) is 2. The molecule has 4 rings (SSSR count). The Bertz CT molecular complexity index is 1120. The highest BCUT2D eigenvalue weighted by atomic mass is 32.2. The minimum absolute atomic E-state index is 0.130. The van der Waals surface area contributed by atoms with Crippen molar-refractivity contribution < 1.29 is 17.7 Å². The van der Waals surface area contributed by atoms with Crippen LogP contribution in [0.5, 0.6) is 0 Å². The van der Waals surface area contributed by atoms with E-state index in [1.54, 1.807) is 31.5 Å². The summed E-state index contributed by atoms with van der Waals surface area (Å²) in [5.41, 5.74) is 2.86. The second kappa shape index (κ2) is 7.85. The first-order valence-corrected chi connectivity index (χ1v) is 11.2. The van der Waals surface area contributed by atoms with Crippen LogP contribution in [0.3, 0.4) is 0 Å². The van der Waals surface area contributed by atoms with Gasteiger partial charge in [-0.2, -0.15) is 0 Å². The average Bonchev–Trinajstić information content (AvgIpc) is 3.26. The summed E-state index contributed by atoms with van der Waals surface area (Å²) in [6, 6.07) is 6.98. The largest absolute Gasteiger partial charge is 0.384 e. The van der Waals surface area contributed by atoms with Gasteiger partial charge in [0.25, 0.3) is 0 Å². The molecule has 1 N–H and O–H groups in total. The number of hydrogen-bond donors (Lipinski definition) is 1. The molecule has 1 aliphatic carbocycles. The maximum atomic E-state index is 13.4. The molecule has 2 aromatic heterocycles. The number of fused-ring (bicyclic) bond motifs is 1. The number of nitrogens with one attached hydrogen (secondary N) is 1. The van der Waals surface area contributed by atoms with E-state index >= 15 is 0 Å². The van der Waals surface area contributed by atoms with Crippen LogP contribution in [0.25, 0.3) is 22.0 Å². The fourth-order valence-corrected chi connectivity index (χ4v) is 5.86. The maximum absolute atomic E-state index is 13.4. The van der Waals surface area contributed by atoms with Crippen LogP contribution >= 0.6 is 0 Å². The Morgan fingerprint density at radius 2 is 2.10 bits per heavy atom. The highest BCUT2D eigenvalue weighted by molar-refractivity contribution is 7.89. The third-order valence-corrected chi connectivity index (χ3v) is 7.17. The number of aromatic nitrogens is 2. The van der Waals surface area contributed by atoms with Crippen molar-refractivity contribution in [2.24, 2.45) is 5.92 Å². The topological polar surface area (TPSA) is 94.3 Å². The molecule has 0 aliphatic heterocycles. The number of rotatable bonds is 6. The van der Waals surface area contributed by atoms with Crippen molar-refractivity contribution in [3.8, 4) is 11.1 Å². The minimum Gasteiger partial charge on any atom is -0.384 e. The zero-order valence-corrected chi connectivity index (χ0v) is 17.6. The minimum atomic E-state index is -3.76. The molecule has 7 nitrogen and oxygen atoms in total. The summed E-state index contributed by atoms with van der Waals surface area (Å²) in [5.74, 6) is 0.829. The van der Waals surface area contributed by atoms with Crippen LogP contribution in [0, 0.1) is 19.8 Å². The third kappa shape index (κ3) is 3.80. The molecule has 0 radical (unpaired) electrons. The predicted molar refractivity (Wildman–Crippen MR) is 110 cm³/mol. The molecule has 1 aliphatic rings. The van der Waals surface area contributed by atoms with E-state index in [4.69, 9.17) is 9.26 Å². The molecule has 1 saturated carbocycles. The molecule has 0 saturated heterocycles. The zero-order chi connectivity index (χ0) is 20.6. The van der Waals surface area contributed by atoms with Gasteiger partial charge in [-0.05, 0) is 62.4 Å². The molecule has 1 unspecified atom stereocenters. The molecule has 0 amide bonds. The summed E-state index contributed by atoms with van der Waals surface area (Å²) < 4.78 is 40.3. The van der Waals surface area contributed by atoms with Gasteiger partial charge in [0.1, 0.15) is 5.76 Å². The Morgan fingerprint density at radius 1 is 1.28 bits per heavy atom. The van der Waals surface area contributed by atoms with E-state index in [1.165, 1.54) is 0 Å². The number of sulfonamides is 1. The van der Waals surface area contributed by atoms with Gasteiger partial charge in [-0.25, -0.2) is 13.1 Å². The van der Waals surface area contributed by atoms with Gasteiger partial charge in [0.2, 0.25) is 10.0 Å². The van der Waals surface area contributed by atoms with Gasteiger partial charge >= 0.3 is 0 Å². The fraction of sp³-hybridized carbons (Fsp3) is 0.429. The number of methoxy groups -OCH3 is 1. The van der Waals surface area contributed by atoms with Crippen molar-refractivity contribution in [3.63, 3.8) is 0 Å². The van der Waals surface area contributed by atoms with Crippen LogP contribution in [0.15, 0.2) is 39.9 Å². The number of aryl methyl sites for hydroxylation is 2. The lowest BCUT2D eigenvalue weighted by atomic mass is 10.0. The Morgan fingerprint density at radius 3 is 2.83 bits per heavy atom. The highest BCUT2D eigenvalue weighted by Gasteiger charge is 2.32. The summed E-state index contributed by atoms with van der Waals surface area (Å²) in [7, 11) is -2.11. The van der Waals surface area contributed by atoms with Crippen molar-refractivity contribution in [3.05, 3.63) is 41.9 Å². The normalized spacial score (nSPS) is 19.8. The SMILES string of the molecule is COCC1CCC[C@H]1NS(=O)(=O)c1cc(-c2c(C)noc2C)cc2ncccc12. The monoisotopic (exact) mass is 415 g/mol. The number of pyridine rings is 1. The Labute approximate surface area is 170 Å². The molecule has 0 bridgehead atoms. The van der Waals surface area contributed by atoms with Gasteiger partial charge in [-0.1, -0.05) is 11.6 Å². The van der Waals surface area contributed by atoms with Gasteiger partial charge in [0.15, 0.2) is 0 Å². The summed E-state index contributed by atoms with van der Waals surface area (Å²) >= 11 is 0. The first kappa shape index (κ1) is 20.0. The number of ether oxygens (including phenoxy) is 1. The molecule has 8 heteroatoms. The van der Waals surface area contributed by atoms with E-state index in [1.807, 2.05) is 19.9 Å². The van der Waals surface area contributed by atoms with Crippen LogP contribution < -0.4 is 4.72 Å². The predicted octanol–water partition coefficient (Wildman–Crippen LogP) is 3.60. The van der Waals surface area contributed by atoms with Gasteiger partial charge in [0, 0.05) is 30.3 Å². The summed E-state index contributed by atoms with van der Waals surface area (Å²) in [6.07, 6.45) is 4.42. The molecule has 3 aromatic rings. The van der Waals surface area contributed by atoms with Crippen molar-refractivity contribution >= 4 is 20.9 Å². The lowest BCUT2D eigenvalue weighted by Gasteiger charge is -2.21. The van der Waals surface area contributed by atoms with E-state index < -0.39 is 10.0 Å². The Kier molecular flexibility index (Phi) is 5.42. The standard InChI is InChI=1S/C21H25N3O4S/c1-13-21(14(2)28-23-13)16-10-19-17(7-5-9-22-19)20(11-16)29(25,26)24-18-8-4-6-15(18)12-27-3/h5,7,9-11,15,18,24H,4,6,8,12H2,1-3H3/t15?,18-/m1/s1. The average molecular weight is 416 g/mol. The lowest BCUT2D eigenvalue weighted by molar-refractivity contribution is 0.145. The van der Waals surface area contributed by atoms with Gasteiger partial charge < -0.3 is 9.26 Å². The second-order valence-electron chi connectivity index (χ2n) is 7.62. The third-order valence-electron chi connectivity index (χ3n) is 5.64. The first-order valence-electron chi connectivity index (χ1n) is 9.74. The number of benzene rings is 1. The first-order chi connectivity index (χ1) is 13.9. The Balaban J connectivity index is 1.82. The smallest absolute Gasteiger partial charge is 0.241 e. The van der Waals surface area contributed by atoms with Gasteiger partial charge in [-0.15, -0.1) is 0 Å². The van der Waals surface area contributed by atoms with Crippen LogP contribution in [-0.2, 0) is 14.8 Å². The van der Waals surface area contributed by atoms with Gasteiger partial charge in [0.05, 0.1) is 22.7 Å².